The van der Waals surface area contributed by atoms with Crippen molar-refractivity contribution in [2.24, 2.45) is 0 Å². The van der Waals surface area contributed by atoms with Gasteiger partial charge in [0.1, 0.15) is 5.82 Å². The van der Waals surface area contributed by atoms with Gasteiger partial charge >= 0.3 is 0 Å². The predicted octanol–water partition coefficient (Wildman–Crippen LogP) is 6.09. The molecule has 5 aromatic rings. The number of amides is 1. The normalized spacial score (nSPS) is 11.9. The third kappa shape index (κ3) is 4.36. The highest BCUT2D eigenvalue weighted by molar-refractivity contribution is 7.12. The van der Waals surface area contributed by atoms with Crippen molar-refractivity contribution in [3.05, 3.63) is 106 Å². The van der Waals surface area contributed by atoms with Gasteiger partial charge < -0.3 is 15.6 Å². The molecule has 0 aliphatic rings. The number of aromatic amines is 1. The molecule has 1 atom stereocenters. The molecular formula is C26H23N5OS. The number of fused-ring (bicyclic) bond motifs is 1. The molecule has 0 saturated carbocycles. The monoisotopic (exact) mass is 453 g/mol. The lowest BCUT2D eigenvalue weighted by Crippen LogP contribution is -2.15. The van der Waals surface area contributed by atoms with Crippen LogP contribution in [0.5, 0.6) is 0 Å². The molecule has 6 nitrogen and oxygen atoms in total. The van der Waals surface area contributed by atoms with E-state index in [2.05, 4.69) is 32.5 Å². The molecule has 5 rings (SSSR count). The number of hydrogen-bond donors (Lipinski definition) is 3. The highest BCUT2D eigenvalue weighted by Gasteiger charge is 2.23. The van der Waals surface area contributed by atoms with Crippen molar-refractivity contribution in [2.45, 2.75) is 19.9 Å². The Kier molecular flexibility index (Phi) is 5.62. The molecule has 0 spiro atoms. The zero-order chi connectivity index (χ0) is 22.8. The number of carbonyl (C=O) groups excluding carboxylic acids is 1. The minimum atomic E-state index is -0.225. The molecule has 4 heterocycles. The van der Waals surface area contributed by atoms with E-state index in [9.17, 15) is 4.79 Å². The summed E-state index contributed by atoms with van der Waals surface area (Å²) >= 11 is 1.42. The van der Waals surface area contributed by atoms with E-state index in [4.69, 9.17) is 0 Å². The Morgan fingerprint density at radius 1 is 1.03 bits per heavy atom. The van der Waals surface area contributed by atoms with Crippen LogP contribution in [0.25, 0.3) is 10.9 Å². The molecule has 1 aromatic carbocycles. The van der Waals surface area contributed by atoms with Crippen LogP contribution in [0.15, 0.2) is 78.3 Å². The Hall–Kier alpha value is -3.97. The molecule has 0 aliphatic heterocycles. The second-order valence-electron chi connectivity index (χ2n) is 7.85. The van der Waals surface area contributed by atoms with E-state index in [1.165, 1.54) is 11.3 Å². The Balaban J connectivity index is 1.58. The van der Waals surface area contributed by atoms with E-state index >= 15 is 0 Å². The number of aryl methyl sites for hydroxylation is 2. The summed E-state index contributed by atoms with van der Waals surface area (Å²) in [6.45, 7) is 4.03. The Labute approximate surface area is 195 Å². The summed E-state index contributed by atoms with van der Waals surface area (Å²) in [4.78, 5) is 26.0. The zero-order valence-electron chi connectivity index (χ0n) is 18.3. The number of anilines is 2. The number of nitrogens with one attached hydrogen (secondary N) is 3. The first-order valence-electron chi connectivity index (χ1n) is 10.7. The number of carbonyl (C=O) groups is 1. The van der Waals surface area contributed by atoms with Crippen molar-refractivity contribution in [1.29, 1.82) is 0 Å². The van der Waals surface area contributed by atoms with Gasteiger partial charge in [-0.2, -0.15) is 0 Å². The number of H-pyrrole nitrogens is 1. The molecular weight excluding hydrogens is 430 g/mol. The van der Waals surface area contributed by atoms with E-state index in [0.717, 1.165) is 45.1 Å². The third-order valence-corrected chi connectivity index (χ3v) is 6.36. The van der Waals surface area contributed by atoms with Crippen molar-refractivity contribution >= 4 is 39.7 Å². The summed E-state index contributed by atoms with van der Waals surface area (Å²) in [5.41, 5.74) is 5.67. The minimum absolute atomic E-state index is 0.110. The largest absolute Gasteiger partial charge is 0.358 e. The summed E-state index contributed by atoms with van der Waals surface area (Å²) in [5.74, 6) is 0.670. The van der Waals surface area contributed by atoms with Gasteiger partial charge in [-0.05, 0) is 67.8 Å². The van der Waals surface area contributed by atoms with E-state index in [-0.39, 0.29) is 11.9 Å². The summed E-state index contributed by atoms with van der Waals surface area (Å²) in [6.07, 6.45) is 1.80. The fourth-order valence-electron chi connectivity index (χ4n) is 4.01. The number of pyridine rings is 2. The molecule has 4 aromatic heterocycles. The van der Waals surface area contributed by atoms with Gasteiger partial charge in [0.05, 0.1) is 16.6 Å². The lowest BCUT2D eigenvalue weighted by molar-refractivity contribution is 0.103. The lowest BCUT2D eigenvalue weighted by Gasteiger charge is -2.20. The van der Waals surface area contributed by atoms with Gasteiger partial charge in [0.2, 0.25) is 0 Å². The fourth-order valence-corrected chi connectivity index (χ4v) is 4.63. The second kappa shape index (κ2) is 8.88. The maximum Gasteiger partial charge on any atom is 0.265 e. The smallest absolute Gasteiger partial charge is 0.265 e. The van der Waals surface area contributed by atoms with Crippen LogP contribution in [-0.2, 0) is 0 Å². The molecule has 0 aliphatic carbocycles. The average Bonchev–Trinajstić information content (AvgIpc) is 3.46. The van der Waals surface area contributed by atoms with Crippen LogP contribution in [0, 0.1) is 13.8 Å². The predicted molar refractivity (Wildman–Crippen MR) is 134 cm³/mol. The highest BCUT2D eigenvalue weighted by atomic mass is 32.1. The van der Waals surface area contributed by atoms with Crippen molar-refractivity contribution in [1.82, 2.24) is 15.0 Å². The summed E-state index contributed by atoms with van der Waals surface area (Å²) in [5, 5.41) is 9.51. The molecule has 0 bridgehead atoms. The average molecular weight is 454 g/mol. The maximum absolute atomic E-state index is 12.6. The molecule has 1 amide bonds. The third-order valence-electron chi connectivity index (χ3n) is 5.49. The van der Waals surface area contributed by atoms with E-state index in [0.29, 0.717) is 4.88 Å². The van der Waals surface area contributed by atoms with Crippen LogP contribution < -0.4 is 10.6 Å². The van der Waals surface area contributed by atoms with Gasteiger partial charge in [-0.25, -0.2) is 4.98 Å². The molecule has 0 saturated heterocycles. The van der Waals surface area contributed by atoms with Gasteiger partial charge in [0, 0.05) is 39.7 Å². The standard InChI is InChI=1S/C26H23N5OS/c1-16-7-5-10-23(28-16)31-25(21-8-3-4-13-27-21)24-17(2)29-20-12-11-18(15-19(20)24)30-26(32)22-9-6-14-33-22/h3-15,25,29H,1-2H3,(H,28,31)(H,30,32)/t25-/m1/s1. The van der Waals surface area contributed by atoms with Crippen LogP contribution in [0.1, 0.15) is 38.4 Å². The summed E-state index contributed by atoms with van der Waals surface area (Å²) < 4.78 is 0. The Bertz CT molecular complexity index is 1410. The quantitative estimate of drug-likeness (QED) is 0.290. The van der Waals surface area contributed by atoms with Crippen LogP contribution >= 0.6 is 11.3 Å². The van der Waals surface area contributed by atoms with Gasteiger partial charge in [0.25, 0.3) is 5.91 Å². The van der Waals surface area contributed by atoms with Crippen molar-refractivity contribution < 1.29 is 4.79 Å². The minimum Gasteiger partial charge on any atom is -0.358 e. The number of rotatable bonds is 6. The molecule has 0 fully saturated rings. The Morgan fingerprint density at radius 3 is 2.70 bits per heavy atom. The van der Waals surface area contributed by atoms with Gasteiger partial charge in [-0.1, -0.05) is 18.2 Å². The van der Waals surface area contributed by atoms with Crippen molar-refractivity contribution in [3.63, 3.8) is 0 Å². The van der Waals surface area contributed by atoms with E-state index in [1.807, 2.05) is 79.0 Å². The Morgan fingerprint density at radius 2 is 1.94 bits per heavy atom. The first-order chi connectivity index (χ1) is 16.1. The van der Waals surface area contributed by atoms with Crippen molar-refractivity contribution in [2.75, 3.05) is 10.6 Å². The SMILES string of the molecule is Cc1cccc(N[C@H](c2ccccn2)c2c(C)[nH]c3ccc(NC(=O)c4cccs4)cc23)n1. The molecule has 0 unspecified atom stereocenters. The number of hydrogen-bond acceptors (Lipinski definition) is 5. The maximum atomic E-state index is 12.6. The van der Waals surface area contributed by atoms with E-state index in [1.54, 1.807) is 6.20 Å². The summed E-state index contributed by atoms with van der Waals surface area (Å²) in [6, 6.07) is 21.2. The molecule has 164 valence electrons. The van der Waals surface area contributed by atoms with Crippen LogP contribution in [0.3, 0.4) is 0 Å². The first-order valence-corrected chi connectivity index (χ1v) is 11.5. The molecule has 7 heteroatoms. The molecule has 3 N–H and O–H groups in total. The van der Waals surface area contributed by atoms with Crippen LogP contribution in [0.2, 0.25) is 0 Å². The number of aromatic nitrogens is 3. The first kappa shape index (κ1) is 20.9. The van der Waals surface area contributed by atoms with Crippen LogP contribution in [0.4, 0.5) is 11.5 Å². The van der Waals surface area contributed by atoms with Gasteiger partial charge in [-0.15, -0.1) is 11.3 Å². The highest BCUT2D eigenvalue weighted by Crippen LogP contribution is 2.35. The van der Waals surface area contributed by atoms with E-state index < -0.39 is 0 Å². The topological polar surface area (TPSA) is 82.7 Å². The fraction of sp³-hybridized carbons (Fsp3) is 0.115. The van der Waals surface area contributed by atoms with Crippen LogP contribution in [-0.4, -0.2) is 20.9 Å². The molecule has 0 radical (unpaired) electrons. The second-order valence-corrected chi connectivity index (χ2v) is 8.80. The number of thiophene rings is 1. The lowest BCUT2D eigenvalue weighted by atomic mass is 9.99. The van der Waals surface area contributed by atoms with Gasteiger partial charge in [-0.3, -0.25) is 9.78 Å². The van der Waals surface area contributed by atoms with Gasteiger partial charge in [0.15, 0.2) is 0 Å². The number of nitrogens with zero attached hydrogens (tertiary/aromatic N) is 2. The number of benzene rings is 1. The van der Waals surface area contributed by atoms with Crippen molar-refractivity contribution in [3.8, 4) is 0 Å². The summed E-state index contributed by atoms with van der Waals surface area (Å²) in [7, 11) is 0. The zero-order valence-corrected chi connectivity index (χ0v) is 19.1. The molecule has 33 heavy (non-hydrogen) atoms.